The highest BCUT2D eigenvalue weighted by Crippen LogP contribution is 2.36. The number of halogens is 1. The third-order valence-corrected chi connectivity index (χ3v) is 4.84. The van der Waals surface area contributed by atoms with E-state index in [1.54, 1.807) is 18.5 Å². The molecule has 16 heavy (non-hydrogen) atoms. The molecule has 0 saturated carbocycles. The van der Waals surface area contributed by atoms with Crippen LogP contribution in [0.4, 0.5) is 0 Å². The lowest BCUT2D eigenvalue weighted by Gasteiger charge is -2.34. The molecule has 2 heterocycles. The highest BCUT2D eigenvalue weighted by Gasteiger charge is 2.39. The minimum absolute atomic E-state index is 0.203. The lowest BCUT2D eigenvalue weighted by Crippen LogP contribution is -2.38. The minimum Gasteiger partial charge on any atom is -0.381 e. The first kappa shape index (κ1) is 12.0. The van der Waals surface area contributed by atoms with Gasteiger partial charge in [-0.2, -0.15) is 0 Å². The van der Waals surface area contributed by atoms with Gasteiger partial charge >= 0.3 is 0 Å². The predicted molar refractivity (Wildman–Crippen MR) is 62.8 cm³/mol. The summed E-state index contributed by atoms with van der Waals surface area (Å²) in [5.41, 5.74) is 0.761. The molecule has 4 nitrogen and oxygen atoms in total. The summed E-state index contributed by atoms with van der Waals surface area (Å²) in [7, 11) is -0.999. The van der Waals surface area contributed by atoms with Gasteiger partial charge in [-0.3, -0.25) is 4.21 Å². The van der Waals surface area contributed by atoms with Gasteiger partial charge in [0.15, 0.2) is 0 Å². The van der Waals surface area contributed by atoms with Gasteiger partial charge in [0.1, 0.15) is 0 Å². The molecule has 1 aliphatic heterocycles. The van der Waals surface area contributed by atoms with Gasteiger partial charge < -0.3 is 4.74 Å². The number of ether oxygens (including phenoxy) is 1. The van der Waals surface area contributed by atoms with Crippen molar-refractivity contribution in [2.75, 3.05) is 19.5 Å². The van der Waals surface area contributed by atoms with Crippen molar-refractivity contribution in [2.45, 2.75) is 17.6 Å². The van der Waals surface area contributed by atoms with E-state index < -0.39 is 15.5 Å². The second-order valence-corrected chi connectivity index (χ2v) is 5.80. The lowest BCUT2D eigenvalue weighted by atomic mass is 9.95. The molecule has 1 aliphatic rings. The van der Waals surface area contributed by atoms with Crippen molar-refractivity contribution >= 4 is 22.4 Å². The number of hydrogen-bond donors (Lipinski definition) is 0. The Kier molecular flexibility index (Phi) is 3.56. The van der Waals surface area contributed by atoms with Gasteiger partial charge in [-0.05, 0) is 30.5 Å². The van der Waals surface area contributed by atoms with E-state index in [1.807, 2.05) is 0 Å². The predicted octanol–water partition coefficient (Wildman–Crippen LogP) is 1.51. The Hall–Kier alpha value is -0.520. The van der Waals surface area contributed by atoms with E-state index >= 15 is 0 Å². The SMILES string of the molecule is C[S@](=O)C1(c2ccnc(Cl)n2)CCOCC1. The van der Waals surface area contributed by atoms with Gasteiger partial charge in [-0.25, -0.2) is 9.97 Å². The van der Waals surface area contributed by atoms with Crippen LogP contribution in [0.5, 0.6) is 0 Å². The standard InChI is InChI=1S/C10H13ClN2O2S/c1-16(14)10(3-6-15-7-4-10)8-2-5-12-9(11)13-8/h2,5H,3-4,6-7H2,1H3/t16-/m0/s1. The molecule has 0 spiro atoms. The zero-order valence-electron chi connectivity index (χ0n) is 8.98. The second kappa shape index (κ2) is 4.77. The summed E-state index contributed by atoms with van der Waals surface area (Å²) in [5, 5.41) is 0.203. The Morgan fingerprint density at radius 3 is 2.75 bits per heavy atom. The maximum atomic E-state index is 12.0. The molecule has 1 saturated heterocycles. The maximum absolute atomic E-state index is 12.0. The first-order valence-corrected chi connectivity index (χ1v) is 6.99. The average Bonchev–Trinajstić information content (AvgIpc) is 2.30. The number of hydrogen-bond acceptors (Lipinski definition) is 4. The molecule has 0 amide bonds. The number of aromatic nitrogens is 2. The third kappa shape index (κ3) is 2.12. The number of nitrogens with zero attached hydrogens (tertiary/aromatic N) is 2. The normalized spacial score (nSPS) is 21.6. The van der Waals surface area contributed by atoms with Crippen molar-refractivity contribution in [2.24, 2.45) is 0 Å². The van der Waals surface area contributed by atoms with Crippen LogP contribution in [-0.2, 0) is 20.3 Å². The van der Waals surface area contributed by atoms with E-state index in [9.17, 15) is 4.21 Å². The monoisotopic (exact) mass is 260 g/mol. The van der Waals surface area contributed by atoms with E-state index in [4.69, 9.17) is 16.3 Å². The van der Waals surface area contributed by atoms with Crippen LogP contribution < -0.4 is 0 Å². The molecular formula is C10H13ClN2O2S. The Balaban J connectivity index is 2.42. The molecule has 0 unspecified atom stereocenters. The van der Waals surface area contributed by atoms with E-state index in [2.05, 4.69) is 9.97 Å². The van der Waals surface area contributed by atoms with Crippen LogP contribution in [0.2, 0.25) is 5.28 Å². The molecule has 88 valence electrons. The van der Waals surface area contributed by atoms with Crippen LogP contribution >= 0.6 is 11.6 Å². The van der Waals surface area contributed by atoms with Crippen molar-refractivity contribution in [3.8, 4) is 0 Å². The third-order valence-electron chi connectivity index (χ3n) is 2.94. The van der Waals surface area contributed by atoms with Crippen molar-refractivity contribution in [3.05, 3.63) is 23.2 Å². The molecular weight excluding hydrogens is 248 g/mol. The molecule has 1 fully saturated rings. The lowest BCUT2D eigenvalue weighted by molar-refractivity contribution is 0.0745. The molecule has 6 heteroatoms. The maximum Gasteiger partial charge on any atom is 0.222 e. The molecule has 0 aromatic carbocycles. The zero-order chi connectivity index (χ0) is 11.6. The molecule has 1 aromatic rings. The molecule has 0 aliphatic carbocycles. The van der Waals surface area contributed by atoms with Crippen molar-refractivity contribution in [1.82, 2.24) is 9.97 Å². The van der Waals surface area contributed by atoms with E-state index in [0.717, 1.165) is 5.69 Å². The number of rotatable bonds is 2. The summed E-state index contributed by atoms with van der Waals surface area (Å²) in [6.45, 7) is 1.22. The van der Waals surface area contributed by atoms with Crippen LogP contribution in [0.25, 0.3) is 0 Å². The molecule has 0 bridgehead atoms. The van der Waals surface area contributed by atoms with Gasteiger partial charge in [-0.15, -0.1) is 0 Å². The molecule has 1 atom stereocenters. The molecule has 0 N–H and O–H groups in total. The van der Waals surface area contributed by atoms with Gasteiger partial charge in [0, 0.05) is 36.5 Å². The van der Waals surface area contributed by atoms with Crippen LogP contribution in [0.15, 0.2) is 12.3 Å². The highest BCUT2D eigenvalue weighted by atomic mass is 35.5. The molecule has 1 aromatic heterocycles. The zero-order valence-corrected chi connectivity index (χ0v) is 10.6. The average molecular weight is 261 g/mol. The summed E-state index contributed by atoms with van der Waals surface area (Å²) in [6.07, 6.45) is 4.74. The summed E-state index contributed by atoms with van der Waals surface area (Å²) in [5.74, 6) is 0. The fraction of sp³-hybridized carbons (Fsp3) is 0.600. The summed E-state index contributed by atoms with van der Waals surface area (Å²) >= 11 is 5.78. The Morgan fingerprint density at radius 2 is 2.19 bits per heavy atom. The first-order chi connectivity index (χ1) is 7.65. The van der Waals surface area contributed by atoms with Crippen LogP contribution in [0, 0.1) is 0 Å². The van der Waals surface area contributed by atoms with Crippen LogP contribution in [0.1, 0.15) is 18.5 Å². The fourth-order valence-corrected chi connectivity index (χ4v) is 3.28. The Labute approximate surface area is 102 Å². The highest BCUT2D eigenvalue weighted by molar-refractivity contribution is 7.85. The summed E-state index contributed by atoms with van der Waals surface area (Å²) in [4.78, 5) is 8.05. The molecule has 2 rings (SSSR count). The fourth-order valence-electron chi connectivity index (χ4n) is 1.98. The van der Waals surface area contributed by atoms with Gasteiger partial charge in [-0.1, -0.05) is 0 Å². The van der Waals surface area contributed by atoms with Crippen LogP contribution in [0.3, 0.4) is 0 Å². The second-order valence-electron chi connectivity index (χ2n) is 3.77. The van der Waals surface area contributed by atoms with Gasteiger partial charge in [0.05, 0.1) is 10.4 Å². The largest absolute Gasteiger partial charge is 0.381 e. The van der Waals surface area contributed by atoms with E-state index in [-0.39, 0.29) is 5.28 Å². The van der Waals surface area contributed by atoms with Gasteiger partial charge in [0.2, 0.25) is 5.28 Å². The van der Waals surface area contributed by atoms with Crippen molar-refractivity contribution in [1.29, 1.82) is 0 Å². The minimum atomic E-state index is -0.999. The van der Waals surface area contributed by atoms with E-state index in [0.29, 0.717) is 26.1 Å². The van der Waals surface area contributed by atoms with Crippen LogP contribution in [-0.4, -0.2) is 33.6 Å². The smallest absolute Gasteiger partial charge is 0.222 e. The Bertz CT molecular complexity index is 408. The van der Waals surface area contributed by atoms with Crippen molar-refractivity contribution < 1.29 is 8.95 Å². The van der Waals surface area contributed by atoms with Crippen molar-refractivity contribution in [3.63, 3.8) is 0 Å². The summed E-state index contributed by atoms with van der Waals surface area (Å²) in [6, 6.07) is 1.79. The quantitative estimate of drug-likeness (QED) is 0.757. The Morgan fingerprint density at radius 1 is 1.50 bits per heavy atom. The van der Waals surface area contributed by atoms with E-state index in [1.165, 1.54) is 0 Å². The summed E-state index contributed by atoms with van der Waals surface area (Å²) < 4.78 is 16.9. The first-order valence-electron chi connectivity index (χ1n) is 5.05. The molecule has 0 radical (unpaired) electrons. The topological polar surface area (TPSA) is 52.1 Å². The van der Waals surface area contributed by atoms with Gasteiger partial charge in [0.25, 0.3) is 0 Å².